The minimum Gasteiger partial charge on any atom is -0.490 e. The van der Waals surface area contributed by atoms with E-state index < -0.39 is 5.67 Å². The molecule has 4 rings (SSSR count). The summed E-state index contributed by atoms with van der Waals surface area (Å²) >= 11 is 0. The molecule has 2 aromatic carbocycles. The minimum absolute atomic E-state index is 0.150. The van der Waals surface area contributed by atoms with Crippen LogP contribution in [-0.2, 0) is 11.3 Å². The molecule has 1 saturated carbocycles. The number of hydrogen-bond acceptors (Lipinski definition) is 4. The molecule has 5 nitrogen and oxygen atoms in total. The third kappa shape index (κ3) is 5.25. The number of ether oxygens (including phenoxy) is 2. The molecule has 6 heteroatoms. The molecule has 1 aliphatic rings. The molecular weight excluding hydrogens is 407 g/mol. The maximum absolute atomic E-state index is 14.3. The Morgan fingerprint density at radius 3 is 2.59 bits per heavy atom. The number of halogens is 1. The summed E-state index contributed by atoms with van der Waals surface area (Å²) in [4.78, 5) is 18.5. The van der Waals surface area contributed by atoms with Gasteiger partial charge in [0, 0.05) is 31.2 Å². The number of alkyl halides is 1. The highest BCUT2D eigenvalue weighted by Crippen LogP contribution is 2.37. The summed E-state index contributed by atoms with van der Waals surface area (Å²) in [6.07, 6.45) is 4.62. The third-order valence-corrected chi connectivity index (χ3v) is 5.64. The fourth-order valence-corrected chi connectivity index (χ4v) is 3.98. The van der Waals surface area contributed by atoms with E-state index in [0.29, 0.717) is 42.2 Å². The highest BCUT2D eigenvalue weighted by molar-refractivity contribution is 5.93. The monoisotopic (exact) mass is 434 g/mol. The van der Waals surface area contributed by atoms with E-state index in [-0.39, 0.29) is 18.6 Å². The van der Waals surface area contributed by atoms with Crippen molar-refractivity contribution in [3.8, 4) is 17.2 Å². The van der Waals surface area contributed by atoms with Crippen LogP contribution >= 0.6 is 0 Å². The largest absolute Gasteiger partial charge is 0.490 e. The molecule has 1 heterocycles. The Hall–Kier alpha value is -3.41. The van der Waals surface area contributed by atoms with Gasteiger partial charge < -0.3 is 14.4 Å². The van der Waals surface area contributed by atoms with Gasteiger partial charge in [-0.1, -0.05) is 36.4 Å². The van der Waals surface area contributed by atoms with E-state index in [9.17, 15) is 9.18 Å². The number of para-hydroxylation sites is 2. The van der Waals surface area contributed by atoms with Crippen LogP contribution in [0.4, 0.5) is 10.1 Å². The Morgan fingerprint density at radius 2 is 1.88 bits per heavy atom. The Kier molecular flexibility index (Phi) is 6.40. The summed E-state index contributed by atoms with van der Waals surface area (Å²) in [6, 6.07) is 18.7. The molecule has 1 aromatic heterocycles. The molecule has 0 N–H and O–H groups in total. The summed E-state index contributed by atoms with van der Waals surface area (Å²) in [5.41, 5.74) is 0.213. The van der Waals surface area contributed by atoms with Crippen LogP contribution in [0.2, 0.25) is 0 Å². The molecule has 3 aromatic rings. The van der Waals surface area contributed by atoms with E-state index in [2.05, 4.69) is 4.98 Å². The van der Waals surface area contributed by atoms with E-state index in [4.69, 9.17) is 9.47 Å². The molecule has 1 aliphatic carbocycles. The normalized spacial score (nSPS) is 20.0. The predicted molar refractivity (Wildman–Crippen MR) is 122 cm³/mol. The lowest BCUT2D eigenvalue weighted by molar-refractivity contribution is -0.116. The van der Waals surface area contributed by atoms with Crippen molar-refractivity contribution in [1.82, 2.24) is 4.98 Å². The van der Waals surface area contributed by atoms with E-state index in [0.717, 1.165) is 5.56 Å². The minimum atomic E-state index is -1.19. The average Bonchev–Trinajstić information content (AvgIpc) is 3.12. The molecule has 166 valence electrons. The second-order valence-electron chi connectivity index (χ2n) is 8.37. The van der Waals surface area contributed by atoms with Gasteiger partial charge in [0.2, 0.25) is 5.91 Å². The molecule has 2 unspecified atom stereocenters. The third-order valence-electron chi connectivity index (χ3n) is 5.64. The first kappa shape index (κ1) is 21.8. The number of pyridine rings is 1. The van der Waals surface area contributed by atoms with Gasteiger partial charge in [0.15, 0.2) is 5.75 Å². The molecule has 0 bridgehead atoms. The lowest BCUT2D eigenvalue weighted by atomic mass is 10.1. The molecule has 2 atom stereocenters. The zero-order valence-electron chi connectivity index (χ0n) is 18.3. The molecule has 0 radical (unpaired) electrons. The van der Waals surface area contributed by atoms with Crippen molar-refractivity contribution in [1.29, 1.82) is 0 Å². The molecule has 32 heavy (non-hydrogen) atoms. The second kappa shape index (κ2) is 9.39. The summed E-state index contributed by atoms with van der Waals surface area (Å²) in [6.45, 7) is 3.41. The number of carbonyl (C=O) groups is 1. The van der Waals surface area contributed by atoms with E-state index in [1.165, 1.54) is 6.92 Å². The first-order chi connectivity index (χ1) is 15.4. The molecule has 1 amide bonds. The van der Waals surface area contributed by atoms with Crippen LogP contribution in [0.15, 0.2) is 73.1 Å². The lowest BCUT2D eigenvalue weighted by Gasteiger charge is -2.25. The van der Waals surface area contributed by atoms with Gasteiger partial charge in [-0.2, -0.15) is 0 Å². The predicted octanol–water partition coefficient (Wildman–Crippen LogP) is 6.09. The summed E-state index contributed by atoms with van der Waals surface area (Å²) in [7, 11) is 0. The Labute approximate surface area is 187 Å². The zero-order valence-corrected chi connectivity index (χ0v) is 18.3. The van der Waals surface area contributed by atoms with Crippen molar-refractivity contribution >= 4 is 11.6 Å². The number of benzene rings is 2. The lowest BCUT2D eigenvalue weighted by Crippen LogP contribution is -2.29. The number of aromatic nitrogens is 1. The maximum Gasteiger partial charge on any atom is 0.224 e. The van der Waals surface area contributed by atoms with Crippen molar-refractivity contribution < 1.29 is 18.7 Å². The summed E-state index contributed by atoms with van der Waals surface area (Å²) in [5.74, 6) is 1.71. The molecule has 0 aliphatic heterocycles. The summed E-state index contributed by atoms with van der Waals surface area (Å²) in [5, 5.41) is 0. The Morgan fingerprint density at radius 1 is 1.12 bits per heavy atom. The Balaban J connectivity index is 1.59. The van der Waals surface area contributed by atoms with E-state index in [1.807, 2.05) is 54.6 Å². The molecule has 0 saturated heterocycles. The van der Waals surface area contributed by atoms with Gasteiger partial charge in [0.25, 0.3) is 0 Å². The maximum atomic E-state index is 14.3. The van der Waals surface area contributed by atoms with E-state index >= 15 is 0 Å². The molecule has 1 fully saturated rings. The van der Waals surface area contributed by atoms with Crippen molar-refractivity contribution in [2.45, 2.75) is 51.4 Å². The smallest absolute Gasteiger partial charge is 0.224 e. The van der Waals surface area contributed by atoms with Crippen LogP contribution in [-0.4, -0.2) is 22.7 Å². The number of carbonyl (C=O) groups excluding carboxylic acids is 1. The molecular formula is C26H27FN2O3. The second-order valence-corrected chi connectivity index (χ2v) is 8.37. The quantitative estimate of drug-likeness (QED) is 0.452. The van der Waals surface area contributed by atoms with Gasteiger partial charge in [-0.3, -0.25) is 9.78 Å². The first-order valence-electron chi connectivity index (χ1n) is 10.8. The van der Waals surface area contributed by atoms with Crippen LogP contribution in [0.25, 0.3) is 0 Å². The van der Waals surface area contributed by atoms with Gasteiger partial charge in [0.1, 0.15) is 29.0 Å². The number of amides is 1. The van der Waals surface area contributed by atoms with Crippen molar-refractivity contribution in [2.24, 2.45) is 0 Å². The van der Waals surface area contributed by atoms with E-state index in [1.54, 1.807) is 30.3 Å². The van der Waals surface area contributed by atoms with Gasteiger partial charge >= 0.3 is 0 Å². The number of nitrogens with zero attached hydrogens (tertiary/aromatic N) is 2. The fraction of sp³-hybridized carbons (Fsp3) is 0.308. The average molecular weight is 435 g/mol. The van der Waals surface area contributed by atoms with Crippen molar-refractivity contribution in [2.75, 3.05) is 4.90 Å². The van der Waals surface area contributed by atoms with Gasteiger partial charge in [-0.25, -0.2) is 4.39 Å². The standard InChI is InChI=1S/C26H27FN2O3/c1-19(30)29(23-17-28-15-13-25(23)31-21-9-4-3-5-10-21)18-20-8-6-7-11-24(20)32-22-12-14-26(2,27)16-22/h3-11,13,15,17,22H,12,14,16,18H2,1-2H3. The fourth-order valence-electron chi connectivity index (χ4n) is 3.98. The molecule has 0 spiro atoms. The van der Waals surface area contributed by atoms with Crippen LogP contribution in [0.1, 0.15) is 38.7 Å². The van der Waals surface area contributed by atoms with Crippen LogP contribution in [0.3, 0.4) is 0 Å². The highest BCUT2D eigenvalue weighted by atomic mass is 19.1. The summed E-state index contributed by atoms with van der Waals surface area (Å²) < 4.78 is 26.5. The topological polar surface area (TPSA) is 51.7 Å². The number of anilines is 1. The van der Waals surface area contributed by atoms with Crippen LogP contribution in [0, 0.1) is 0 Å². The first-order valence-corrected chi connectivity index (χ1v) is 10.8. The highest BCUT2D eigenvalue weighted by Gasteiger charge is 2.36. The van der Waals surface area contributed by atoms with Crippen molar-refractivity contribution in [3.63, 3.8) is 0 Å². The number of hydrogen-bond donors (Lipinski definition) is 0. The van der Waals surface area contributed by atoms with Crippen LogP contribution in [0.5, 0.6) is 17.2 Å². The van der Waals surface area contributed by atoms with Gasteiger partial charge in [0.05, 0.1) is 12.7 Å². The van der Waals surface area contributed by atoms with Gasteiger partial charge in [-0.15, -0.1) is 0 Å². The SMILES string of the molecule is CC(=O)N(Cc1ccccc1OC1CCC(C)(F)C1)c1cnccc1Oc1ccccc1. The zero-order chi connectivity index (χ0) is 22.6. The van der Waals surface area contributed by atoms with Gasteiger partial charge in [-0.05, 0) is 38.0 Å². The Bertz CT molecular complexity index is 1070. The van der Waals surface area contributed by atoms with Crippen molar-refractivity contribution in [3.05, 3.63) is 78.6 Å². The number of rotatable bonds is 7. The van der Waals surface area contributed by atoms with Crippen LogP contribution < -0.4 is 14.4 Å².